The number of aromatic nitrogens is 2. The fraction of sp³-hybridized carbons (Fsp3) is 0.154. The molecule has 0 unspecified atom stereocenters. The summed E-state index contributed by atoms with van der Waals surface area (Å²) in [6, 6.07) is 5.45. The second-order valence-electron chi connectivity index (χ2n) is 3.82. The van der Waals surface area contributed by atoms with Crippen LogP contribution in [0.3, 0.4) is 0 Å². The summed E-state index contributed by atoms with van der Waals surface area (Å²) in [6.07, 6.45) is 5.08. The van der Waals surface area contributed by atoms with Crippen LogP contribution in [0, 0.1) is 6.92 Å². The van der Waals surface area contributed by atoms with E-state index >= 15 is 0 Å². The predicted molar refractivity (Wildman–Crippen MR) is 72.1 cm³/mol. The average Bonchev–Trinajstić information content (AvgIpc) is 2.38. The summed E-state index contributed by atoms with van der Waals surface area (Å²) >= 11 is 3.30. The lowest BCUT2D eigenvalue weighted by Crippen LogP contribution is -2.24. The van der Waals surface area contributed by atoms with E-state index in [0.717, 1.165) is 11.1 Å². The molecule has 0 bridgehead atoms. The summed E-state index contributed by atoms with van der Waals surface area (Å²) in [4.78, 5) is 20.0. The molecule has 0 fully saturated rings. The number of carbonyl (C=O) groups excluding carboxylic acids is 1. The SMILES string of the molecule is Cc1cnccc1CNC(=O)c1ncccc1Br. The van der Waals surface area contributed by atoms with E-state index in [1.165, 1.54) is 0 Å². The molecule has 0 aromatic carbocycles. The van der Waals surface area contributed by atoms with Gasteiger partial charge >= 0.3 is 0 Å². The van der Waals surface area contributed by atoms with Crippen LogP contribution in [0.5, 0.6) is 0 Å². The van der Waals surface area contributed by atoms with E-state index in [9.17, 15) is 4.79 Å². The Hall–Kier alpha value is -1.75. The molecular formula is C13H12BrN3O. The molecule has 2 aromatic rings. The van der Waals surface area contributed by atoms with E-state index in [1.807, 2.05) is 13.0 Å². The highest BCUT2D eigenvalue weighted by Gasteiger charge is 2.10. The summed E-state index contributed by atoms with van der Waals surface area (Å²) < 4.78 is 0.689. The van der Waals surface area contributed by atoms with Gasteiger partial charge in [-0.05, 0) is 52.2 Å². The molecule has 0 radical (unpaired) electrons. The number of hydrogen-bond acceptors (Lipinski definition) is 3. The minimum absolute atomic E-state index is 0.196. The maximum atomic E-state index is 11.9. The van der Waals surface area contributed by atoms with Crippen molar-refractivity contribution in [3.8, 4) is 0 Å². The first-order valence-corrected chi connectivity index (χ1v) is 6.26. The third-order valence-electron chi connectivity index (χ3n) is 2.55. The zero-order chi connectivity index (χ0) is 13.0. The highest BCUT2D eigenvalue weighted by Crippen LogP contribution is 2.13. The van der Waals surface area contributed by atoms with E-state index in [1.54, 1.807) is 30.7 Å². The molecule has 0 aliphatic rings. The first-order valence-electron chi connectivity index (χ1n) is 5.46. The van der Waals surface area contributed by atoms with Gasteiger partial charge in [-0.3, -0.25) is 9.78 Å². The lowest BCUT2D eigenvalue weighted by atomic mass is 10.1. The van der Waals surface area contributed by atoms with Crippen LogP contribution in [0.15, 0.2) is 41.3 Å². The van der Waals surface area contributed by atoms with Crippen molar-refractivity contribution in [2.75, 3.05) is 0 Å². The summed E-state index contributed by atoms with van der Waals surface area (Å²) in [6.45, 7) is 2.43. The van der Waals surface area contributed by atoms with Crippen molar-refractivity contribution < 1.29 is 4.79 Å². The number of pyridine rings is 2. The minimum Gasteiger partial charge on any atom is -0.347 e. The van der Waals surface area contributed by atoms with Gasteiger partial charge in [0.2, 0.25) is 0 Å². The molecule has 4 nitrogen and oxygen atoms in total. The quantitative estimate of drug-likeness (QED) is 0.948. The van der Waals surface area contributed by atoms with Crippen molar-refractivity contribution in [1.82, 2.24) is 15.3 Å². The van der Waals surface area contributed by atoms with Crippen LogP contribution in [0.4, 0.5) is 0 Å². The molecule has 0 aliphatic heterocycles. The topological polar surface area (TPSA) is 54.9 Å². The Kier molecular flexibility index (Phi) is 4.04. The number of nitrogens with zero attached hydrogens (tertiary/aromatic N) is 2. The number of nitrogens with one attached hydrogen (secondary N) is 1. The summed E-state index contributed by atoms with van der Waals surface area (Å²) in [5, 5.41) is 2.84. The molecule has 1 N–H and O–H groups in total. The molecule has 0 aliphatic carbocycles. The third kappa shape index (κ3) is 2.92. The van der Waals surface area contributed by atoms with Gasteiger partial charge in [-0.2, -0.15) is 0 Å². The fourth-order valence-electron chi connectivity index (χ4n) is 1.51. The van der Waals surface area contributed by atoms with Crippen LogP contribution >= 0.6 is 15.9 Å². The lowest BCUT2D eigenvalue weighted by molar-refractivity contribution is 0.0945. The van der Waals surface area contributed by atoms with Crippen molar-refractivity contribution in [3.63, 3.8) is 0 Å². The molecule has 18 heavy (non-hydrogen) atoms. The monoisotopic (exact) mass is 305 g/mol. The Balaban J connectivity index is 2.06. The average molecular weight is 306 g/mol. The van der Waals surface area contributed by atoms with Gasteiger partial charge < -0.3 is 5.32 Å². The van der Waals surface area contributed by atoms with E-state index in [-0.39, 0.29) is 5.91 Å². The highest BCUT2D eigenvalue weighted by atomic mass is 79.9. The normalized spacial score (nSPS) is 10.1. The number of amides is 1. The van der Waals surface area contributed by atoms with Crippen LogP contribution < -0.4 is 5.32 Å². The van der Waals surface area contributed by atoms with Gasteiger partial charge in [0.25, 0.3) is 5.91 Å². The van der Waals surface area contributed by atoms with Crippen molar-refractivity contribution in [3.05, 3.63) is 58.1 Å². The number of hydrogen-bond donors (Lipinski definition) is 1. The zero-order valence-corrected chi connectivity index (χ0v) is 11.4. The molecular weight excluding hydrogens is 294 g/mol. The molecule has 2 aromatic heterocycles. The Morgan fingerprint density at radius 1 is 1.39 bits per heavy atom. The second kappa shape index (κ2) is 5.73. The number of carbonyl (C=O) groups is 1. The van der Waals surface area contributed by atoms with E-state index in [0.29, 0.717) is 16.7 Å². The first kappa shape index (κ1) is 12.7. The van der Waals surface area contributed by atoms with Crippen molar-refractivity contribution in [2.45, 2.75) is 13.5 Å². The number of rotatable bonds is 3. The Labute approximate surface area is 114 Å². The molecule has 0 saturated carbocycles. The largest absolute Gasteiger partial charge is 0.347 e. The number of halogens is 1. The fourth-order valence-corrected chi connectivity index (χ4v) is 1.95. The molecule has 1 amide bonds. The maximum Gasteiger partial charge on any atom is 0.271 e. The Morgan fingerprint density at radius 3 is 2.94 bits per heavy atom. The van der Waals surface area contributed by atoms with E-state index in [4.69, 9.17) is 0 Å². The van der Waals surface area contributed by atoms with Gasteiger partial charge in [0.05, 0.1) is 0 Å². The molecule has 92 valence electrons. The molecule has 0 atom stereocenters. The van der Waals surface area contributed by atoms with Crippen molar-refractivity contribution in [2.24, 2.45) is 0 Å². The van der Waals surface area contributed by atoms with Gasteiger partial charge in [0.1, 0.15) is 5.69 Å². The third-order valence-corrected chi connectivity index (χ3v) is 3.19. The van der Waals surface area contributed by atoms with E-state index in [2.05, 4.69) is 31.2 Å². The zero-order valence-electron chi connectivity index (χ0n) is 9.85. The van der Waals surface area contributed by atoms with Gasteiger partial charge in [-0.1, -0.05) is 0 Å². The van der Waals surface area contributed by atoms with Gasteiger partial charge in [0, 0.05) is 29.6 Å². The van der Waals surface area contributed by atoms with Crippen molar-refractivity contribution >= 4 is 21.8 Å². The second-order valence-corrected chi connectivity index (χ2v) is 4.67. The highest BCUT2D eigenvalue weighted by molar-refractivity contribution is 9.10. The molecule has 5 heteroatoms. The molecule has 0 spiro atoms. The number of aryl methyl sites for hydroxylation is 1. The molecule has 2 heterocycles. The lowest BCUT2D eigenvalue weighted by Gasteiger charge is -2.07. The van der Waals surface area contributed by atoms with Crippen LogP contribution in [0.25, 0.3) is 0 Å². The van der Waals surface area contributed by atoms with Crippen molar-refractivity contribution in [1.29, 1.82) is 0 Å². The van der Waals surface area contributed by atoms with Crippen LogP contribution in [-0.2, 0) is 6.54 Å². The van der Waals surface area contributed by atoms with Gasteiger partial charge in [-0.15, -0.1) is 0 Å². The van der Waals surface area contributed by atoms with Gasteiger partial charge in [0.15, 0.2) is 0 Å². The standard InChI is InChI=1S/C13H12BrN3O/c1-9-7-15-6-4-10(9)8-17-13(18)12-11(14)3-2-5-16-12/h2-7H,8H2,1H3,(H,17,18). The Bertz CT molecular complexity index is 572. The minimum atomic E-state index is -0.196. The Morgan fingerprint density at radius 2 is 2.22 bits per heavy atom. The van der Waals surface area contributed by atoms with Gasteiger partial charge in [-0.25, -0.2) is 4.98 Å². The van der Waals surface area contributed by atoms with Crippen LogP contribution in [-0.4, -0.2) is 15.9 Å². The summed E-state index contributed by atoms with van der Waals surface area (Å²) in [5.74, 6) is -0.196. The molecule has 0 saturated heterocycles. The smallest absolute Gasteiger partial charge is 0.271 e. The van der Waals surface area contributed by atoms with E-state index < -0.39 is 0 Å². The molecule has 2 rings (SSSR count). The van der Waals surface area contributed by atoms with Crippen LogP contribution in [0.2, 0.25) is 0 Å². The maximum absolute atomic E-state index is 11.9. The summed E-state index contributed by atoms with van der Waals surface area (Å²) in [7, 11) is 0. The summed E-state index contributed by atoms with van der Waals surface area (Å²) in [5.41, 5.74) is 2.49. The van der Waals surface area contributed by atoms with Crippen LogP contribution in [0.1, 0.15) is 21.6 Å². The predicted octanol–water partition coefficient (Wildman–Crippen LogP) is 2.48. The first-order chi connectivity index (χ1) is 8.68.